The Morgan fingerprint density at radius 3 is 2.74 bits per heavy atom. The van der Waals surface area contributed by atoms with Crippen molar-refractivity contribution in [2.24, 2.45) is 0 Å². The maximum absolute atomic E-state index is 5.42. The molecule has 0 amide bonds. The van der Waals surface area contributed by atoms with Crippen LogP contribution >= 0.6 is 0 Å². The molecule has 6 heteroatoms. The fourth-order valence-electron chi connectivity index (χ4n) is 2.41. The van der Waals surface area contributed by atoms with Gasteiger partial charge in [-0.3, -0.25) is 0 Å². The maximum Gasteiger partial charge on any atom is 0.204 e. The van der Waals surface area contributed by atoms with Crippen LogP contribution < -0.4 is 15.0 Å². The monoisotopic (exact) mass is 265 g/mol. The summed E-state index contributed by atoms with van der Waals surface area (Å²) in [6.45, 7) is 4.45. The lowest BCUT2D eigenvalue weighted by molar-refractivity contribution is 0.345. The highest BCUT2D eigenvalue weighted by atomic mass is 16.5. The van der Waals surface area contributed by atoms with Gasteiger partial charge >= 0.3 is 0 Å². The third-order valence-corrected chi connectivity index (χ3v) is 3.54. The summed E-state index contributed by atoms with van der Waals surface area (Å²) in [5.41, 5.74) is 0. The van der Waals surface area contributed by atoms with Gasteiger partial charge in [0.25, 0.3) is 0 Å². The Bertz CT molecular complexity index is 406. The number of hydrogen-bond acceptors (Lipinski definition) is 6. The van der Waals surface area contributed by atoms with Crippen molar-refractivity contribution in [1.82, 2.24) is 14.9 Å². The fraction of sp³-hybridized carbons (Fsp3) is 0.692. The van der Waals surface area contributed by atoms with Gasteiger partial charge in [0, 0.05) is 27.2 Å². The Morgan fingerprint density at radius 1 is 1.37 bits per heavy atom. The van der Waals surface area contributed by atoms with Crippen molar-refractivity contribution in [2.45, 2.75) is 12.8 Å². The van der Waals surface area contributed by atoms with Crippen LogP contribution in [-0.2, 0) is 0 Å². The predicted octanol–water partition coefficient (Wildman–Crippen LogP) is 1.06. The van der Waals surface area contributed by atoms with Crippen molar-refractivity contribution in [3.63, 3.8) is 0 Å². The summed E-state index contributed by atoms with van der Waals surface area (Å²) in [4.78, 5) is 13.1. The summed E-state index contributed by atoms with van der Waals surface area (Å²) in [7, 11) is 5.52. The standard InChI is InChI=1S/C13H23N5O/c1-14-12-11(19-3)13(16-10-15-12)17(2)8-9-18-6-4-5-7-18/h10H,4-9H2,1-3H3,(H,14,15,16). The van der Waals surface area contributed by atoms with E-state index in [1.807, 2.05) is 14.1 Å². The first-order valence-corrected chi connectivity index (χ1v) is 6.76. The molecule has 0 aliphatic carbocycles. The van der Waals surface area contributed by atoms with Gasteiger partial charge in [0.15, 0.2) is 11.6 Å². The van der Waals surface area contributed by atoms with E-state index in [4.69, 9.17) is 4.74 Å². The van der Waals surface area contributed by atoms with Crippen molar-refractivity contribution in [3.05, 3.63) is 6.33 Å². The Balaban J connectivity index is 2.02. The Hall–Kier alpha value is -1.56. The topological polar surface area (TPSA) is 53.5 Å². The minimum atomic E-state index is 0.703. The summed E-state index contributed by atoms with van der Waals surface area (Å²) in [5, 5.41) is 3.03. The third kappa shape index (κ3) is 3.26. The van der Waals surface area contributed by atoms with Crippen LogP contribution in [0.5, 0.6) is 5.75 Å². The molecule has 1 aliphatic rings. The highest BCUT2D eigenvalue weighted by Gasteiger charge is 2.17. The zero-order valence-electron chi connectivity index (χ0n) is 12.0. The molecule has 106 valence electrons. The Morgan fingerprint density at radius 2 is 2.11 bits per heavy atom. The number of anilines is 2. The van der Waals surface area contributed by atoms with E-state index in [1.54, 1.807) is 13.4 Å². The molecule has 1 N–H and O–H groups in total. The summed E-state index contributed by atoms with van der Waals surface area (Å²) >= 11 is 0. The Labute approximate surface area is 114 Å². The van der Waals surface area contributed by atoms with Crippen molar-refractivity contribution in [3.8, 4) is 5.75 Å². The number of nitrogens with zero attached hydrogens (tertiary/aromatic N) is 4. The van der Waals surface area contributed by atoms with Crippen LogP contribution in [0.1, 0.15) is 12.8 Å². The van der Waals surface area contributed by atoms with Crippen LogP contribution in [-0.4, -0.2) is 62.3 Å². The second-order valence-corrected chi connectivity index (χ2v) is 4.80. The van der Waals surface area contributed by atoms with Crippen LogP contribution in [0.4, 0.5) is 11.6 Å². The summed E-state index contributed by atoms with van der Waals surface area (Å²) in [5.74, 6) is 2.26. The molecular formula is C13H23N5O. The lowest BCUT2D eigenvalue weighted by Gasteiger charge is -2.24. The molecule has 0 bridgehead atoms. The first-order valence-electron chi connectivity index (χ1n) is 6.76. The smallest absolute Gasteiger partial charge is 0.204 e. The second-order valence-electron chi connectivity index (χ2n) is 4.80. The molecular weight excluding hydrogens is 242 g/mol. The van der Waals surface area contributed by atoms with Crippen molar-refractivity contribution in [1.29, 1.82) is 0 Å². The molecule has 0 spiro atoms. The summed E-state index contributed by atoms with van der Waals surface area (Å²) in [6, 6.07) is 0. The molecule has 0 unspecified atom stereocenters. The molecule has 0 saturated carbocycles. The quantitative estimate of drug-likeness (QED) is 0.830. The average molecular weight is 265 g/mol. The first-order chi connectivity index (χ1) is 9.26. The van der Waals surface area contributed by atoms with Gasteiger partial charge < -0.3 is 19.9 Å². The Kier molecular flexibility index (Phi) is 4.79. The number of aromatic nitrogens is 2. The van der Waals surface area contributed by atoms with Gasteiger partial charge in [-0.25, -0.2) is 9.97 Å². The fourth-order valence-corrected chi connectivity index (χ4v) is 2.41. The van der Waals surface area contributed by atoms with Gasteiger partial charge in [-0.1, -0.05) is 0 Å². The molecule has 1 fully saturated rings. The number of likely N-dealkylation sites (N-methyl/N-ethyl adjacent to an activating group) is 1. The molecule has 1 aromatic heterocycles. The minimum absolute atomic E-state index is 0.703. The van der Waals surface area contributed by atoms with Gasteiger partial charge in [-0.05, 0) is 25.9 Å². The molecule has 0 atom stereocenters. The van der Waals surface area contributed by atoms with E-state index in [1.165, 1.54) is 25.9 Å². The van der Waals surface area contributed by atoms with Crippen LogP contribution in [0.3, 0.4) is 0 Å². The van der Waals surface area contributed by atoms with Crippen LogP contribution in [0.15, 0.2) is 6.33 Å². The van der Waals surface area contributed by atoms with E-state index in [2.05, 4.69) is 25.1 Å². The third-order valence-electron chi connectivity index (χ3n) is 3.54. The normalized spacial score (nSPS) is 15.5. The molecule has 1 saturated heterocycles. The van der Waals surface area contributed by atoms with Gasteiger partial charge in [0.05, 0.1) is 7.11 Å². The van der Waals surface area contributed by atoms with E-state index in [9.17, 15) is 0 Å². The number of rotatable bonds is 6. The molecule has 0 radical (unpaired) electrons. The van der Waals surface area contributed by atoms with Crippen LogP contribution in [0, 0.1) is 0 Å². The lowest BCUT2D eigenvalue weighted by Crippen LogP contribution is -2.32. The van der Waals surface area contributed by atoms with Gasteiger partial charge in [-0.15, -0.1) is 0 Å². The lowest BCUT2D eigenvalue weighted by atomic mass is 10.4. The second kappa shape index (κ2) is 6.56. The van der Waals surface area contributed by atoms with Gasteiger partial charge in [0.2, 0.25) is 5.75 Å². The van der Waals surface area contributed by atoms with E-state index in [0.29, 0.717) is 5.75 Å². The molecule has 19 heavy (non-hydrogen) atoms. The molecule has 1 aliphatic heterocycles. The maximum atomic E-state index is 5.42. The summed E-state index contributed by atoms with van der Waals surface area (Å²) < 4.78 is 5.42. The predicted molar refractivity (Wildman–Crippen MR) is 77.1 cm³/mol. The van der Waals surface area contributed by atoms with Crippen LogP contribution in [0.25, 0.3) is 0 Å². The zero-order valence-corrected chi connectivity index (χ0v) is 12.0. The van der Waals surface area contributed by atoms with E-state index < -0.39 is 0 Å². The van der Waals surface area contributed by atoms with Gasteiger partial charge in [0.1, 0.15) is 6.33 Å². The van der Waals surface area contributed by atoms with Crippen molar-refractivity contribution < 1.29 is 4.74 Å². The number of hydrogen-bond donors (Lipinski definition) is 1. The number of methoxy groups -OCH3 is 1. The molecule has 1 aromatic rings. The molecule has 2 heterocycles. The highest BCUT2D eigenvalue weighted by Crippen LogP contribution is 2.30. The van der Waals surface area contributed by atoms with Crippen molar-refractivity contribution >= 4 is 11.6 Å². The number of nitrogens with one attached hydrogen (secondary N) is 1. The molecule has 0 aromatic carbocycles. The van der Waals surface area contributed by atoms with E-state index in [0.717, 1.165) is 24.7 Å². The largest absolute Gasteiger partial charge is 0.490 e. The number of ether oxygens (including phenoxy) is 1. The van der Waals surface area contributed by atoms with Gasteiger partial charge in [-0.2, -0.15) is 0 Å². The zero-order chi connectivity index (χ0) is 13.7. The van der Waals surface area contributed by atoms with E-state index >= 15 is 0 Å². The molecule has 2 rings (SSSR count). The summed E-state index contributed by atoms with van der Waals surface area (Å²) in [6.07, 6.45) is 4.21. The number of likely N-dealkylation sites (tertiary alicyclic amines) is 1. The SMILES string of the molecule is CNc1ncnc(N(C)CCN2CCCC2)c1OC. The highest BCUT2D eigenvalue weighted by molar-refractivity contribution is 5.64. The minimum Gasteiger partial charge on any atom is -0.490 e. The van der Waals surface area contributed by atoms with Crippen LogP contribution in [0.2, 0.25) is 0 Å². The molecule has 6 nitrogen and oxygen atoms in total. The first kappa shape index (κ1) is 13.9. The van der Waals surface area contributed by atoms with E-state index in [-0.39, 0.29) is 0 Å². The van der Waals surface area contributed by atoms with Crippen molar-refractivity contribution in [2.75, 3.05) is 57.6 Å². The average Bonchev–Trinajstić information content (AvgIpc) is 2.97.